The summed E-state index contributed by atoms with van der Waals surface area (Å²) in [7, 11) is 1.80. The molecule has 6 heteroatoms. The molecule has 0 spiro atoms. The SMILES string of the molecule is CCc1nc(NC)c(C)c(Oc2ccc(F)c(Br)c2)n1. The van der Waals surface area contributed by atoms with Gasteiger partial charge in [0.1, 0.15) is 23.2 Å². The molecule has 2 rings (SSSR count). The Morgan fingerprint density at radius 1 is 1.35 bits per heavy atom. The summed E-state index contributed by atoms with van der Waals surface area (Å²) in [4.78, 5) is 8.74. The van der Waals surface area contributed by atoms with E-state index < -0.39 is 0 Å². The number of aryl methyl sites for hydroxylation is 1. The average molecular weight is 340 g/mol. The summed E-state index contributed by atoms with van der Waals surface area (Å²) in [6, 6.07) is 4.48. The van der Waals surface area contributed by atoms with E-state index in [9.17, 15) is 4.39 Å². The highest BCUT2D eigenvalue weighted by Gasteiger charge is 2.12. The molecule has 4 nitrogen and oxygen atoms in total. The molecule has 0 saturated heterocycles. The van der Waals surface area contributed by atoms with Gasteiger partial charge in [-0.2, -0.15) is 4.98 Å². The number of nitrogens with one attached hydrogen (secondary N) is 1. The molecule has 1 N–H and O–H groups in total. The molecule has 0 saturated carbocycles. The van der Waals surface area contributed by atoms with Gasteiger partial charge >= 0.3 is 0 Å². The van der Waals surface area contributed by atoms with E-state index in [4.69, 9.17) is 4.74 Å². The smallest absolute Gasteiger partial charge is 0.227 e. The van der Waals surface area contributed by atoms with Crippen LogP contribution in [0.2, 0.25) is 0 Å². The third-order valence-electron chi connectivity index (χ3n) is 2.81. The third-order valence-corrected chi connectivity index (χ3v) is 3.41. The molecule has 0 radical (unpaired) electrons. The summed E-state index contributed by atoms with van der Waals surface area (Å²) in [5.41, 5.74) is 0.810. The minimum absolute atomic E-state index is 0.332. The van der Waals surface area contributed by atoms with Gasteiger partial charge in [-0.25, -0.2) is 9.37 Å². The van der Waals surface area contributed by atoms with Crippen molar-refractivity contribution in [3.8, 4) is 11.6 Å². The molecule has 0 aliphatic heterocycles. The standard InChI is InChI=1S/C14H15BrFN3O/c1-4-12-18-13(17-3)8(2)14(19-12)20-9-5-6-11(16)10(15)7-9/h5-7H,4H2,1-3H3,(H,17,18,19). The maximum Gasteiger partial charge on any atom is 0.227 e. The van der Waals surface area contributed by atoms with Crippen LogP contribution < -0.4 is 10.1 Å². The lowest BCUT2D eigenvalue weighted by molar-refractivity contribution is 0.453. The first-order valence-electron chi connectivity index (χ1n) is 6.23. The number of rotatable bonds is 4. The van der Waals surface area contributed by atoms with Gasteiger partial charge in [0.2, 0.25) is 5.88 Å². The fraction of sp³-hybridized carbons (Fsp3) is 0.286. The van der Waals surface area contributed by atoms with Crippen molar-refractivity contribution < 1.29 is 9.13 Å². The van der Waals surface area contributed by atoms with E-state index in [-0.39, 0.29) is 5.82 Å². The molecule has 1 heterocycles. The van der Waals surface area contributed by atoms with E-state index in [1.54, 1.807) is 19.2 Å². The van der Waals surface area contributed by atoms with Crippen LogP contribution in [0, 0.1) is 12.7 Å². The van der Waals surface area contributed by atoms with Crippen LogP contribution in [0.15, 0.2) is 22.7 Å². The molecule has 0 aliphatic carbocycles. The first-order valence-corrected chi connectivity index (χ1v) is 7.02. The highest BCUT2D eigenvalue weighted by atomic mass is 79.9. The van der Waals surface area contributed by atoms with Gasteiger partial charge in [0.05, 0.1) is 10.0 Å². The third kappa shape index (κ3) is 3.07. The fourth-order valence-electron chi connectivity index (χ4n) is 1.69. The molecule has 0 unspecified atom stereocenters. The van der Waals surface area contributed by atoms with Crippen LogP contribution in [0.3, 0.4) is 0 Å². The maximum absolute atomic E-state index is 13.2. The van der Waals surface area contributed by atoms with Crippen molar-refractivity contribution >= 4 is 21.7 Å². The lowest BCUT2D eigenvalue weighted by Crippen LogP contribution is -2.04. The molecule has 106 valence electrons. The lowest BCUT2D eigenvalue weighted by Gasteiger charge is -2.12. The molecule has 20 heavy (non-hydrogen) atoms. The van der Waals surface area contributed by atoms with E-state index >= 15 is 0 Å². The number of halogens is 2. The van der Waals surface area contributed by atoms with Gasteiger partial charge in [0.25, 0.3) is 0 Å². The Kier molecular flexibility index (Phi) is 4.54. The average Bonchev–Trinajstić information content (AvgIpc) is 2.45. The number of anilines is 1. The van der Waals surface area contributed by atoms with Crippen LogP contribution in [0.4, 0.5) is 10.2 Å². The van der Waals surface area contributed by atoms with Gasteiger partial charge < -0.3 is 10.1 Å². The van der Waals surface area contributed by atoms with Gasteiger partial charge in [-0.15, -0.1) is 0 Å². The van der Waals surface area contributed by atoms with Crippen LogP contribution in [0.1, 0.15) is 18.3 Å². The van der Waals surface area contributed by atoms with Crippen LogP contribution in [-0.4, -0.2) is 17.0 Å². The topological polar surface area (TPSA) is 47.0 Å². The quantitative estimate of drug-likeness (QED) is 0.911. The predicted molar refractivity (Wildman–Crippen MR) is 79.9 cm³/mol. The molecule has 0 atom stereocenters. The number of ether oxygens (including phenoxy) is 1. The largest absolute Gasteiger partial charge is 0.439 e. The second kappa shape index (κ2) is 6.17. The van der Waals surface area contributed by atoms with Crippen LogP contribution in [0.5, 0.6) is 11.6 Å². The molecule has 1 aromatic carbocycles. The second-order valence-electron chi connectivity index (χ2n) is 4.20. The van der Waals surface area contributed by atoms with E-state index in [1.807, 2.05) is 13.8 Å². The molecule has 0 fully saturated rings. The Bertz CT molecular complexity index is 634. The molecule has 1 aromatic heterocycles. The first-order chi connectivity index (χ1) is 9.55. The van der Waals surface area contributed by atoms with Crippen molar-refractivity contribution in [3.05, 3.63) is 39.9 Å². The monoisotopic (exact) mass is 339 g/mol. The molecular weight excluding hydrogens is 325 g/mol. The molecular formula is C14H15BrFN3O. The molecule has 0 amide bonds. The first kappa shape index (κ1) is 14.7. The van der Waals surface area contributed by atoms with Gasteiger partial charge in [-0.05, 0) is 41.1 Å². The minimum atomic E-state index is -0.332. The van der Waals surface area contributed by atoms with Crippen molar-refractivity contribution in [2.24, 2.45) is 0 Å². The van der Waals surface area contributed by atoms with Crippen molar-refractivity contribution in [2.75, 3.05) is 12.4 Å². The summed E-state index contributed by atoms with van der Waals surface area (Å²) in [5, 5.41) is 3.02. The van der Waals surface area contributed by atoms with E-state index in [1.165, 1.54) is 6.07 Å². The van der Waals surface area contributed by atoms with Crippen LogP contribution in [0.25, 0.3) is 0 Å². The van der Waals surface area contributed by atoms with Gasteiger partial charge in [-0.3, -0.25) is 0 Å². The van der Waals surface area contributed by atoms with Crippen molar-refractivity contribution in [1.29, 1.82) is 0 Å². The molecule has 2 aromatic rings. The summed E-state index contributed by atoms with van der Waals surface area (Å²) < 4.78 is 19.3. The molecule has 0 aliphatic rings. The second-order valence-corrected chi connectivity index (χ2v) is 5.05. The fourth-order valence-corrected chi connectivity index (χ4v) is 2.05. The zero-order valence-electron chi connectivity index (χ0n) is 11.5. The van der Waals surface area contributed by atoms with E-state index in [2.05, 4.69) is 31.2 Å². The Morgan fingerprint density at radius 3 is 2.70 bits per heavy atom. The number of aromatic nitrogens is 2. The minimum Gasteiger partial charge on any atom is -0.439 e. The highest BCUT2D eigenvalue weighted by Crippen LogP contribution is 2.29. The van der Waals surface area contributed by atoms with Crippen molar-refractivity contribution in [2.45, 2.75) is 20.3 Å². The molecule has 0 bridgehead atoms. The Labute approximate surface area is 125 Å². The van der Waals surface area contributed by atoms with E-state index in [0.29, 0.717) is 28.3 Å². The highest BCUT2D eigenvalue weighted by molar-refractivity contribution is 9.10. The summed E-state index contributed by atoms with van der Waals surface area (Å²) >= 11 is 3.13. The van der Waals surface area contributed by atoms with E-state index in [0.717, 1.165) is 11.4 Å². The van der Waals surface area contributed by atoms with Crippen LogP contribution in [-0.2, 0) is 6.42 Å². The zero-order valence-corrected chi connectivity index (χ0v) is 13.1. The van der Waals surface area contributed by atoms with Crippen LogP contribution >= 0.6 is 15.9 Å². The summed E-state index contributed by atoms with van der Waals surface area (Å²) in [6.07, 6.45) is 0.707. The lowest BCUT2D eigenvalue weighted by atomic mass is 10.3. The number of nitrogens with zero attached hydrogens (tertiary/aromatic N) is 2. The van der Waals surface area contributed by atoms with Gasteiger partial charge in [0.15, 0.2) is 0 Å². The maximum atomic E-state index is 13.2. The Morgan fingerprint density at radius 2 is 2.10 bits per heavy atom. The number of hydrogen-bond acceptors (Lipinski definition) is 4. The predicted octanol–water partition coefficient (Wildman–Crippen LogP) is 4.08. The number of hydrogen-bond donors (Lipinski definition) is 1. The Balaban J connectivity index is 2.39. The summed E-state index contributed by atoms with van der Waals surface area (Å²) in [5.74, 6) is 2.08. The van der Waals surface area contributed by atoms with Crippen molar-refractivity contribution in [1.82, 2.24) is 9.97 Å². The Hall–Kier alpha value is -1.69. The van der Waals surface area contributed by atoms with Gasteiger partial charge in [-0.1, -0.05) is 6.92 Å². The van der Waals surface area contributed by atoms with Crippen molar-refractivity contribution in [3.63, 3.8) is 0 Å². The summed E-state index contributed by atoms with van der Waals surface area (Å²) in [6.45, 7) is 3.85. The number of benzene rings is 1. The zero-order chi connectivity index (χ0) is 14.7. The normalized spacial score (nSPS) is 10.4. The van der Waals surface area contributed by atoms with Gasteiger partial charge in [0, 0.05) is 13.5 Å².